The van der Waals surface area contributed by atoms with Gasteiger partial charge in [0.2, 0.25) is 0 Å². The van der Waals surface area contributed by atoms with Crippen LogP contribution in [0.1, 0.15) is 17.4 Å². The molecule has 2 aromatic heterocycles. The molecule has 0 aliphatic carbocycles. The number of ether oxygens (including phenoxy) is 1. The molecule has 1 saturated heterocycles. The van der Waals surface area contributed by atoms with Crippen LogP contribution in [0.2, 0.25) is 0 Å². The number of aromatic nitrogens is 3. The minimum absolute atomic E-state index is 0.00459. The third kappa shape index (κ3) is 4.23. The van der Waals surface area contributed by atoms with Crippen molar-refractivity contribution >= 4 is 17.3 Å². The predicted molar refractivity (Wildman–Crippen MR) is 111 cm³/mol. The summed E-state index contributed by atoms with van der Waals surface area (Å²) in [5.74, 6) is 0.867. The van der Waals surface area contributed by atoms with E-state index in [2.05, 4.69) is 37.8 Å². The van der Waals surface area contributed by atoms with Crippen LogP contribution in [0.5, 0.6) is 0 Å². The van der Waals surface area contributed by atoms with Gasteiger partial charge >= 0.3 is 0 Å². The van der Waals surface area contributed by atoms with E-state index in [0.717, 1.165) is 40.9 Å². The van der Waals surface area contributed by atoms with Gasteiger partial charge in [-0.25, -0.2) is 4.98 Å². The topological polar surface area (TPSA) is 67.6 Å². The summed E-state index contributed by atoms with van der Waals surface area (Å²) in [5, 5.41) is 10.8. The normalized spacial score (nSPS) is 17.7. The molecule has 0 amide bonds. The number of guanidine groups is 1. The Kier molecular flexibility index (Phi) is 5.68. The fourth-order valence-electron chi connectivity index (χ4n) is 3.25. The molecule has 7 nitrogen and oxygen atoms in total. The first-order valence-electron chi connectivity index (χ1n) is 9.28. The maximum absolute atomic E-state index is 5.93. The van der Waals surface area contributed by atoms with Gasteiger partial charge in [-0.05, 0) is 0 Å². The number of benzene rings is 1. The number of aryl methyl sites for hydroxylation is 1. The minimum atomic E-state index is 0.00459. The summed E-state index contributed by atoms with van der Waals surface area (Å²) in [6.45, 7) is 2.86. The Hall–Kier alpha value is -2.71. The van der Waals surface area contributed by atoms with Crippen molar-refractivity contribution in [3.63, 3.8) is 0 Å². The summed E-state index contributed by atoms with van der Waals surface area (Å²) in [6.07, 6.45) is 3.88. The quantitative estimate of drug-likeness (QED) is 0.543. The lowest BCUT2D eigenvalue weighted by atomic mass is 10.1. The van der Waals surface area contributed by atoms with Gasteiger partial charge in [-0.2, -0.15) is 5.10 Å². The zero-order valence-corrected chi connectivity index (χ0v) is 16.9. The second-order valence-corrected chi connectivity index (χ2v) is 7.52. The van der Waals surface area contributed by atoms with Crippen LogP contribution in [0.25, 0.3) is 10.6 Å². The second kappa shape index (κ2) is 8.53. The molecule has 0 spiro atoms. The van der Waals surface area contributed by atoms with Crippen molar-refractivity contribution in [1.29, 1.82) is 0 Å². The molecule has 1 N–H and O–H groups in total. The number of nitrogens with zero attached hydrogens (tertiary/aromatic N) is 5. The van der Waals surface area contributed by atoms with E-state index in [1.54, 1.807) is 16.0 Å². The minimum Gasteiger partial charge on any atom is -0.370 e. The molecule has 3 heterocycles. The fourth-order valence-corrected chi connectivity index (χ4v) is 4.08. The van der Waals surface area contributed by atoms with Crippen molar-refractivity contribution in [3.8, 4) is 10.6 Å². The molecular weight excluding hydrogens is 372 g/mol. The van der Waals surface area contributed by atoms with Gasteiger partial charge in [0.25, 0.3) is 0 Å². The van der Waals surface area contributed by atoms with Crippen molar-refractivity contribution in [2.24, 2.45) is 12.0 Å². The number of hydrogen-bond acceptors (Lipinski definition) is 5. The highest BCUT2D eigenvalue weighted by molar-refractivity contribution is 7.13. The molecule has 4 rings (SSSR count). The standard InChI is InChI=1S/C20H24N6OS/c1-21-20(26-8-9-27-18(13-26)16-10-23-25(2)12-16)22-11-17-14-28-19(24-17)15-6-4-3-5-7-15/h3-7,10,12,14,18H,8-9,11,13H2,1-2H3,(H,21,22). The molecule has 1 atom stereocenters. The van der Waals surface area contributed by atoms with Crippen LogP contribution < -0.4 is 5.32 Å². The molecule has 0 radical (unpaired) electrons. The van der Waals surface area contributed by atoms with Crippen LogP contribution in [0.4, 0.5) is 0 Å². The summed E-state index contributed by atoms with van der Waals surface area (Å²) in [5.41, 5.74) is 3.26. The Balaban J connectivity index is 1.38. The van der Waals surface area contributed by atoms with E-state index in [9.17, 15) is 0 Å². The third-order valence-corrected chi connectivity index (χ3v) is 5.61. The number of nitrogens with one attached hydrogen (secondary N) is 1. The van der Waals surface area contributed by atoms with Crippen molar-refractivity contribution in [3.05, 3.63) is 59.4 Å². The van der Waals surface area contributed by atoms with E-state index < -0.39 is 0 Å². The summed E-state index contributed by atoms with van der Waals surface area (Å²) in [7, 11) is 3.73. The van der Waals surface area contributed by atoms with Gasteiger partial charge in [-0.15, -0.1) is 11.3 Å². The average molecular weight is 397 g/mol. The number of morpholine rings is 1. The molecule has 0 bridgehead atoms. The van der Waals surface area contributed by atoms with Crippen LogP contribution in [0, 0.1) is 0 Å². The van der Waals surface area contributed by atoms with Crippen LogP contribution in [-0.2, 0) is 18.3 Å². The van der Waals surface area contributed by atoms with Gasteiger partial charge in [0.1, 0.15) is 11.1 Å². The number of thiazole rings is 1. The summed E-state index contributed by atoms with van der Waals surface area (Å²) >= 11 is 1.66. The summed E-state index contributed by atoms with van der Waals surface area (Å²) < 4.78 is 7.73. The van der Waals surface area contributed by atoms with Crippen molar-refractivity contribution in [2.75, 3.05) is 26.7 Å². The van der Waals surface area contributed by atoms with Gasteiger partial charge < -0.3 is 15.0 Å². The molecule has 1 aliphatic heterocycles. The van der Waals surface area contributed by atoms with Gasteiger partial charge in [-0.3, -0.25) is 9.67 Å². The van der Waals surface area contributed by atoms with E-state index in [-0.39, 0.29) is 6.10 Å². The zero-order valence-electron chi connectivity index (χ0n) is 16.1. The lowest BCUT2D eigenvalue weighted by molar-refractivity contribution is -0.00805. The molecular formula is C20H24N6OS. The van der Waals surface area contributed by atoms with Crippen LogP contribution in [-0.4, -0.2) is 52.4 Å². The molecule has 28 heavy (non-hydrogen) atoms. The molecule has 0 saturated carbocycles. The van der Waals surface area contributed by atoms with Crippen molar-refractivity contribution in [1.82, 2.24) is 25.0 Å². The van der Waals surface area contributed by atoms with E-state index in [4.69, 9.17) is 9.72 Å². The van der Waals surface area contributed by atoms with Crippen molar-refractivity contribution < 1.29 is 4.74 Å². The van der Waals surface area contributed by atoms with Crippen LogP contribution >= 0.6 is 11.3 Å². The first-order chi connectivity index (χ1) is 13.7. The van der Waals surface area contributed by atoms with Crippen LogP contribution in [0.15, 0.2) is 53.1 Å². The Labute approximate surface area is 168 Å². The fraction of sp³-hybridized carbons (Fsp3) is 0.350. The van der Waals surface area contributed by atoms with E-state index >= 15 is 0 Å². The Morgan fingerprint density at radius 1 is 1.36 bits per heavy atom. The molecule has 8 heteroatoms. The van der Waals surface area contributed by atoms with Gasteiger partial charge in [0.15, 0.2) is 5.96 Å². The van der Waals surface area contributed by atoms with Crippen LogP contribution in [0.3, 0.4) is 0 Å². The van der Waals surface area contributed by atoms with Gasteiger partial charge in [0.05, 0.1) is 31.6 Å². The Bertz CT molecular complexity index is 935. The highest BCUT2D eigenvalue weighted by atomic mass is 32.1. The second-order valence-electron chi connectivity index (χ2n) is 6.66. The summed E-state index contributed by atoms with van der Waals surface area (Å²) in [4.78, 5) is 11.4. The molecule has 1 aliphatic rings. The average Bonchev–Trinajstić information content (AvgIpc) is 3.39. The van der Waals surface area contributed by atoms with Gasteiger partial charge in [0, 0.05) is 43.3 Å². The van der Waals surface area contributed by atoms with E-state index in [1.807, 2.05) is 44.7 Å². The molecule has 1 unspecified atom stereocenters. The van der Waals surface area contributed by atoms with E-state index in [0.29, 0.717) is 13.2 Å². The number of aliphatic imine (C=N–C) groups is 1. The van der Waals surface area contributed by atoms with Crippen molar-refractivity contribution in [2.45, 2.75) is 12.6 Å². The Morgan fingerprint density at radius 2 is 2.21 bits per heavy atom. The lowest BCUT2D eigenvalue weighted by Crippen LogP contribution is -2.47. The zero-order chi connectivity index (χ0) is 19.3. The number of rotatable bonds is 4. The summed E-state index contributed by atoms with van der Waals surface area (Å²) in [6, 6.07) is 10.3. The van der Waals surface area contributed by atoms with E-state index in [1.165, 1.54) is 0 Å². The molecule has 146 valence electrons. The first-order valence-corrected chi connectivity index (χ1v) is 10.2. The maximum atomic E-state index is 5.93. The monoisotopic (exact) mass is 396 g/mol. The third-order valence-electron chi connectivity index (χ3n) is 4.67. The predicted octanol–water partition coefficient (Wildman–Crippen LogP) is 2.69. The Morgan fingerprint density at radius 3 is 2.96 bits per heavy atom. The maximum Gasteiger partial charge on any atom is 0.194 e. The SMILES string of the molecule is CN=C(NCc1csc(-c2ccccc2)n1)N1CCOC(c2cnn(C)c2)C1. The highest BCUT2D eigenvalue weighted by Gasteiger charge is 2.25. The number of hydrogen-bond donors (Lipinski definition) is 1. The lowest BCUT2D eigenvalue weighted by Gasteiger charge is -2.34. The highest BCUT2D eigenvalue weighted by Crippen LogP contribution is 2.24. The molecule has 3 aromatic rings. The molecule has 1 fully saturated rings. The first kappa shape index (κ1) is 18.6. The van der Waals surface area contributed by atoms with Gasteiger partial charge in [-0.1, -0.05) is 30.3 Å². The molecule has 1 aromatic carbocycles. The smallest absolute Gasteiger partial charge is 0.194 e. The largest absolute Gasteiger partial charge is 0.370 e.